The van der Waals surface area contributed by atoms with Gasteiger partial charge in [-0.2, -0.15) is 4.39 Å². The van der Waals surface area contributed by atoms with Crippen LogP contribution in [0, 0.1) is 18.7 Å². The van der Waals surface area contributed by atoms with E-state index in [1.165, 1.54) is 12.1 Å². The average molecular weight is 180 g/mol. The molecular weight excluding hydrogens is 174 g/mol. The summed E-state index contributed by atoms with van der Waals surface area (Å²) >= 11 is 0. The molecule has 1 heterocycles. The first-order valence-electron chi connectivity index (χ1n) is 3.77. The second-order valence-electron chi connectivity index (χ2n) is 2.70. The molecule has 0 saturated carbocycles. The van der Waals surface area contributed by atoms with Gasteiger partial charge in [-0.15, -0.1) is 0 Å². The van der Waals surface area contributed by atoms with E-state index in [4.69, 9.17) is 0 Å². The van der Waals surface area contributed by atoms with Gasteiger partial charge in [-0.25, -0.2) is 14.4 Å². The smallest absolute Gasteiger partial charge is 0.227 e. The second-order valence-corrected chi connectivity index (χ2v) is 2.70. The van der Waals surface area contributed by atoms with Gasteiger partial charge in [0.2, 0.25) is 5.95 Å². The van der Waals surface area contributed by atoms with Gasteiger partial charge in [-0.1, -0.05) is 6.07 Å². The molecule has 0 spiro atoms. The molecule has 2 rings (SSSR count). The molecule has 2 nitrogen and oxygen atoms in total. The number of rotatable bonds is 0. The Hall–Kier alpha value is -1.58. The minimum Gasteiger partial charge on any atom is -0.233 e. The van der Waals surface area contributed by atoms with E-state index in [0.29, 0.717) is 11.3 Å². The lowest BCUT2D eigenvalue weighted by Gasteiger charge is -2.00. The standard InChI is InChI=1S/C9H6F2N2/c1-5-12-7-4-2-3-6(10)8(7)9(11)13-5/h2-4H,1H3. The Morgan fingerprint density at radius 1 is 1.15 bits per heavy atom. The molecule has 2 aromatic rings. The number of hydrogen-bond acceptors (Lipinski definition) is 2. The number of nitrogens with zero attached hydrogens (tertiary/aromatic N) is 2. The highest BCUT2D eigenvalue weighted by Crippen LogP contribution is 2.17. The molecular formula is C9H6F2N2. The number of fused-ring (bicyclic) bond motifs is 1. The lowest BCUT2D eigenvalue weighted by molar-refractivity contribution is 0.572. The van der Waals surface area contributed by atoms with Crippen molar-refractivity contribution >= 4 is 10.9 Å². The van der Waals surface area contributed by atoms with Crippen molar-refractivity contribution in [3.63, 3.8) is 0 Å². The summed E-state index contributed by atoms with van der Waals surface area (Å²) in [5.74, 6) is -1.13. The largest absolute Gasteiger partial charge is 0.233 e. The van der Waals surface area contributed by atoms with Crippen LogP contribution >= 0.6 is 0 Å². The van der Waals surface area contributed by atoms with Crippen molar-refractivity contribution in [3.8, 4) is 0 Å². The van der Waals surface area contributed by atoms with Gasteiger partial charge in [0.05, 0.1) is 10.9 Å². The zero-order chi connectivity index (χ0) is 9.42. The molecule has 13 heavy (non-hydrogen) atoms. The first kappa shape index (κ1) is 8.04. The van der Waals surface area contributed by atoms with Crippen LogP contribution in [-0.4, -0.2) is 9.97 Å². The molecule has 0 saturated heterocycles. The SMILES string of the molecule is Cc1nc(F)c2c(F)cccc2n1. The lowest BCUT2D eigenvalue weighted by Crippen LogP contribution is -1.95. The maximum atomic E-state index is 13.1. The van der Waals surface area contributed by atoms with Gasteiger partial charge < -0.3 is 0 Å². The molecule has 0 unspecified atom stereocenters. The van der Waals surface area contributed by atoms with Crippen LogP contribution in [0.25, 0.3) is 10.9 Å². The molecule has 0 atom stereocenters. The summed E-state index contributed by atoms with van der Waals surface area (Å²) in [6.07, 6.45) is 0. The maximum Gasteiger partial charge on any atom is 0.227 e. The molecule has 1 aromatic heterocycles. The molecule has 0 aliphatic carbocycles. The van der Waals surface area contributed by atoms with E-state index in [1.807, 2.05) is 0 Å². The van der Waals surface area contributed by atoms with E-state index in [9.17, 15) is 8.78 Å². The van der Waals surface area contributed by atoms with Gasteiger partial charge in [-0.3, -0.25) is 0 Å². The van der Waals surface area contributed by atoms with Crippen LogP contribution in [-0.2, 0) is 0 Å². The van der Waals surface area contributed by atoms with Crippen LogP contribution in [0.5, 0.6) is 0 Å². The Kier molecular flexibility index (Phi) is 1.69. The van der Waals surface area contributed by atoms with Crippen LogP contribution in [0.15, 0.2) is 18.2 Å². The third kappa shape index (κ3) is 1.24. The summed E-state index contributed by atoms with van der Waals surface area (Å²) in [4.78, 5) is 7.35. The van der Waals surface area contributed by atoms with Crippen molar-refractivity contribution < 1.29 is 8.78 Å². The molecule has 0 radical (unpaired) electrons. The molecule has 0 fully saturated rings. The number of aryl methyl sites for hydroxylation is 1. The lowest BCUT2D eigenvalue weighted by atomic mass is 10.2. The molecule has 0 amide bonds. The summed E-state index contributed by atoms with van der Waals surface area (Å²) in [7, 11) is 0. The minimum absolute atomic E-state index is 0.145. The Balaban J connectivity index is 2.94. The van der Waals surface area contributed by atoms with Crippen LogP contribution in [0.2, 0.25) is 0 Å². The fourth-order valence-electron chi connectivity index (χ4n) is 1.21. The molecule has 0 N–H and O–H groups in total. The van der Waals surface area contributed by atoms with E-state index in [2.05, 4.69) is 9.97 Å². The molecule has 66 valence electrons. The van der Waals surface area contributed by atoms with Crippen molar-refractivity contribution in [2.75, 3.05) is 0 Å². The van der Waals surface area contributed by atoms with Crippen LogP contribution < -0.4 is 0 Å². The normalized spacial score (nSPS) is 10.7. The third-order valence-electron chi connectivity index (χ3n) is 1.74. The predicted molar refractivity (Wildman–Crippen MR) is 44.2 cm³/mol. The van der Waals surface area contributed by atoms with E-state index in [1.54, 1.807) is 13.0 Å². The van der Waals surface area contributed by atoms with Crippen LogP contribution in [0.1, 0.15) is 5.82 Å². The van der Waals surface area contributed by atoms with Crippen molar-refractivity contribution in [2.24, 2.45) is 0 Å². The van der Waals surface area contributed by atoms with Crippen molar-refractivity contribution in [2.45, 2.75) is 6.92 Å². The fourth-order valence-corrected chi connectivity index (χ4v) is 1.21. The maximum absolute atomic E-state index is 13.1. The topological polar surface area (TPSA) is 25.8 Å². The number of hydrogen-bond donors (Lipinski definition) is 0. The molecule has 0 aliphatic rings. The summed E-state index contributed by atoms with van der Waals surface area (Å²) < 4.78 is 26.2. The number of aromatic nitrogens is 2. The van der Waals surface area contributed by atoms with E-state index in [-0.39, 0.29) is 5.39 Å². The monoisotopic (exact) mass is 180 g/mol. The highest BCUT2D eigenvalue weighted by atomic mass is 19.1. The Bertz CT molecular complexity index is 468. The molecule has 1 aromatic carbocycles. The Labute approximate surface area is 73.2 Å². The van der Waals surface area contributed by atoms with Crippen molar-refractivity contribution in [1.82, 2.24) is 9.97 Å². The molecule has 0 aliphatic heterocycles. The van der Waals surface area contributed by atoms with E-state index < -0.39 is 11.8 Å². The third-order valence-corrected chi connectivity index (χ3v) is 1.74. The highest BCUT2D eigenvalue weighted by molar-refractivity contribution is 5.78. The number of benzene rings is 1. The average Bonchev–Trinajstić information content (AvgIpc) is 2.02. The highest BCUT2D eigenvalue weighted by Gasteiger charge is 2.08. The first-order valence-corrected chi connectivity index (χ1v) is 3.77. The fraction of sp³-hybridized carbons (Fsp3) is 0.111. The van der Waals surface area contributed by atoms with E-state index in [0.717, 1.165) is 0 Å². The summed E-state index contributed by atoms with van der Waals surface area (Å²) in [6, 6.07) is 4.23. The zero-order valence-electron chi connectivity index (χ0n) is 6.88. The van der Waals surface area contributed by atoms with Gasteiger partial charge in [0.1, 0.15) is 11.6 Å². The van der Waals surface area contributed by atoms with Gasteiger partial charge in [0.25, 0.3) is 0 Å². The van der Waals surface area contributed by atoms with Crippen LogP contribution in [0.3, 0.4) is 0 Å². The quantitative estimate of drug-likeness (QED) is 0.581. The first-order chi connectivity index (χ1) is 6.18. The summed E-state index contributed by atoms with van der Waals surface area (Å²) in [6.45, 7) is 1.56. The Morgan fingerprint density at radius 2 is 1.92 bits per heavy atom. The molecule has 0 bridgehead atoms. The van der Waals surface area contributed by atoms with Crippen molar-refractivity contribution in [3.05, 3.63) is 35.8 Å². The molecule has 4 heteroatoms. The minimum atomic E-state index is -0.805. The second kappa shape index (κ2) is 2.73. The van der Waals surface area contributed by atoms with Gasteiger partial charge in [-0.05, 0) is 19.1 Å². The van der Waals surface area contributed by atoms with Crippen molar-refractivity contribution in [1.29, 1.82) is 0 Å². The van der Waals surface area contributed by atoms with Gasteiger partial charge in [0, 0.05) is 0 Å². The predicted octanol–water partition coefficient (Wildman–Crippen LogP) is 2.22. The zero-order valence-corrected chi connectivity index (χ0v) is 6.88. The number of halogens is 2. The van der Waals surface area contributed by atoms with Crippen LogP contribution in [0.4, 0.5) is 8.78 Å². The summed E-state index contributed by atoms with van der Waals surface area (Å²) in [5.41, 5.74) is 0.296. The van der Waals surface area contributed by atoms with E-state index >= 15 is 0 Å². The van der Waals surface area contributed by atoms with Gasteiger partial charge in [0.15, 0.2) is 0 Å². The Morgan fingerprint density at radius 3 is 2.69 bits per heavy atom. The van der Waals surface area contributed by atoms with Gasteiger partial charge >= 0.3 is 0 Å². The summed E-state index contributed by atoms with van der Waals surface area (Å²) in [5, 5.41) is -0.145.